The summed E-state index contributed by atoms with van der Waals surface area (Å²) in [6.07, 6.45) is 5.90. The molecule has 0 radical (unpaired) electrons. The Morgan fingerprint density at radius 2 is 2.10 bits per heavy atom. The molecular weight excluding hydrogens is 268 g/mol. The molecule has 0 amide bonds. The monoisotopic (exact) mass is 292 g/mol. The molecule has 1 spiro atoms. The first-order valence-corrected chi connectivity index (χ1v) is 8.25. The van der Waals surface area contributed by atoms with Crippen molar-refractivity contribution in [2.75, 3.05) is 19.7 Å². The molecule has 3 aliphatic rings. The van der Waals surface area contributed by atoms with Crippen LogP contribution in [-0.4, -0.2) is 46.6 Å². The number of likely N-dealkylation sites (tertiary alicyclic amines) is 1. The molecule has 21 heavy (non-hydrogen) atoms. The lowest BCUT2D eigenvalue weighted by Crippen LogP contribution is -2.55. The van der Waals surface area contributed by atoms with Gasteiger partial charge in [0.05, 0.1) is 17.4 Å². The second kappa shape index (κ2) is 5.38. The van der Waals surface area contributed by atoms with E-state index in [-0.39, 0.29) is 11.7 Å². The molecule has 0 bridgehead atoms. The number of nitrogens with zero attached hydrogens (tertiary/aromatic N) is 2. The third-order valence-electron chi connectivity index (χ3n) is 5.26. The Kier molecular flexibility index (Phi) is 3.52. The van der Waals surface area contributed by atoms with Crippen molar-refractivity contribution in [1.82, 2.24) is 10.1 Å². The molecule has 1 aromatic rings. The quantitative estimate of drug-likeness (QED) is 0.924. The van der Waals surface area contributed by atoms with Gasteiger partial charge in [-0.05, 0) is 38.5 Å². The lowest BCUT2D eigenvalue weighted by atomic mass is 9.82. The van der Waals surface area contributed by atoms with Crippen molar-refractivity contribution in [1.29, 1.82) is 0 Å². The topological polar surface area (TPSA) is 58.7 Å². The molecule has 3 fully saturated rings. The number of aromatic nitrogens is 1. The van der Waals surface area contributed by atoms with E-state index in [1.165, 1.54) is 12.8 Å². The van der Waals surface area contributed by atoms with Crippen LogP contribution in [0.2, 0.25) is 0 Å². The van der Waals surface area contributed by atoms with E-state index in [9.17, 15) is 5.11 Å². The molecule has 1 atom stereocenters. The fourth-order valence-electron chi connectivity index (χ4n) is 3.67. The summed E-state index contributed by atoms with van der Waals surface area (Å²) in [5.41, 5.74) is 0.760. The molecule has 2 saturated heterocycles. The number of ether oxygens (including phenoxy) is 1. The predicted octanol–water partition coefficient (Wildman–Crippen LogP) is 2.06. The number of hydrogen-bond acceptors (Lipinski definition) is 5. The van der Waals surface area contributed by atoms with Crippen molar-refractivity contribution in [2.45, 2.75) is 62.7 Å². The van der Waals surface area contributed by atoms with Crippen molar-refractivity contribution < 1.29 is 14.4 Å². The first kappa shape index (κ1) is 13.7. The van der Waals surface area contributed by atoms with Crippen molar-refractivity contribution >= 4 is 0 Å². The summed E-state index contributed by atoms with van der Waals surface area (Å²) < 4.78 is 11.4. The second-order valence-corrected chi connectivity index (χ2v) is 6.84. The molecule has 1 aromatic heterocycles. The normalized spacial score (nSPS) is 29.9. The molecule has 116 valence electrons. The number of aliphatic hydroxyl groups is 1. The van der Waals surface area contributed by atoms with Gasteiger partial charge in [0.25, 0.3) is 0 Å². The van der Waals surface area contributed by atoms with E-state index in [1.54, 1.807) is 0 Å². The summed E-state index contributed by atoms with van der Waals surface area (Å²) in [6.45, 7) is 3.57. The molecule has 1 N–H and O–H groups in total. The van der Waals surface area contributed by atoms with E-state index in [1.807, 2.05) is 0 Å². The Labute approximate surface area is 125 Å². The fourth-order valence-corrected chi connectivity index (χ4v) is 3.67. The van der Waals surface area contributed by atoms with Crippen LogP contribution in [0.5, 0.6) is 0 Å². The minimum absolute atomic E-state index is 0.280. The predicted molar refractivity (Wildman–Crippen MR) is 76.9 cm³/mol. The van der Waals surface area contributed by atoms with Gasteiger partial charge in [-0.25, -0.2) is 0 Å². The van der Waals surface area contributed by atoms with Gasteiger partial charge in [0.1, 0.15) is 5.76 Å². The summed E-state index contributed by atoms with van der Waals surface area (Å²) in [7, 11) is 0. The van der Waals surface area contributed by atoms with Crippen LogP contribution in [0.25, 0.3) is 0 Å². The first-order valence-electron chi connectivity index (χ1n) is 8.25. The van der Waals surface area contributed by atoms with Crippen LogP contribution in [-0.2, 0) is 11.3 Å². The number of rotatable bonds is 3. The standard InChI is InChI=1S/C16H24N2O3/c19-15-2-1-9-20-16(15)5-7-18(8-6-16)11-13-10-14(21-17-13)12-3-4-12/h10,12,15,19H,1-9,11H2/t15-/m1/s1. The average molecular weight is 292 g/mol. The third kappa shape index (κ3) is 2.74. The van der Waals surface area contributed by atoms with E-state index in [0.717, 1.165) is 63.4 Å². The van der Waals surface area contributed by atoms with Crippen molar-refractivity contribution in [2.24, 2.45) is 0 Å². The first-order chi connectivity index (χ1) is 10.3. The van der Waals surface area contributed by atoms with Gasteiger partial charge in [-0.3, -0.25) is 4.90 Å². The Balaban J connectivity index is 1.34. The van der Waals surface area contributed by atoms with E-state index in [4.69, 9.17) is 9.26 Å². The molecule has 2 aliphatic heterocycles. The summed E-state index contributed by atoms with van der Waals surface area (Å²) >= 11 is 0. The molecule has 5 heteroatoms. The number of aliphatic hydroxyl groups excluding tert-OH is 1. The maximum absolute atomic E-state index is 10.3. The summed E-state index contributed by atoms with van der Waals surface area (Å²) in [4.78, 5) is 2.39. The largest absolute Gasteiger partial charge is 0.390 e. The number of piperidine rings is 1. The van der Waals surface area contributed by atoms with E-state index < -0.39 is 0 Å². The van der Waals surface area contributed by atoms with Crippen molar-refractivity contribution in [3.05, 3.63) is 17.5 Å². The van der Waals surface area contributed by atoms with Gasteiger partial charge in [0, 0.05) is 38.2 Å². The van der Waals surface area contributed by atoms with Crippen LogP contribution < -0.4 is 0 Å². The SMILES string of the molecule is O[C@@H]1CCCOC12CCN(Cc1cc(C3CC3)on1)CC2. The van der Waals surface area contributed by atoms with E-state index >= 15 is 0 Å². The van der Waals surface area contributed by atoms with E-state index in [0.29, 0.717) is 5.92 Å². The average Bonchev–Trinajstić information content (AvgIpc) is 3.25. The Morgan fingerprint density at radius 3 is 2.81 bits per heavy atom. The Morgan fingerprint density at radius 1 is 1.29 bits per heavy atom. The molecule has 3 heterocycles. The van der Waals surface area contributed by atoms with Crippen LogP contribution in [0.1, 0.15) is 55.9 Å². The third-order valence-corrected chi connectivity index (χ3v) is 5.26. The highest BCUT2D eigenvalue weighted by Gasteiger charge is 2.43. The lowest BCUT2D eigenvalue weighted by molar-refractivity contribution is -0.177. The van der Waals surface area contributed by atoms with Gasteiger partial charge in [-0.15, -0.1) is 0 Å². The molecule has 1 saturated carbocycles. The zero-order chi connectivity index (χ0) is 14.3. The Hall–Kier alpha value is -0.910. The van der Waals surface area contributed by atoms with Gasteiger partial charge >= 0.3 is 0 Å². The van der Waals surface area contributed by atoms with Gasteiger partial charge in [-0.1, -0.05) is 5.16 Å². The van der Waals surface area contributed by atoms with Crippen LogP contribution >= 0.6 is 0 Å². The molecule has 0 aromatic carbocycles. The zero-order valence-electron chi connectivity index (χ0n) is 12.5. The number of hydrogen-bond donors (Lipinski definition) is 1. The van der Waals surface area contributed by atoms with Gasteiger partial charge in [-0.2, -0.15) is 0 Å². The highest BCUT2D eigenvalue weighted by Crippen LogP contribution is 2.40. The lowest BCUT2D eigenvalue weighted by Gasteiger charge is -2.46. The summed E-state index contributed by atoms with van der Waals surface area (Å²) in [5, 5.41) is 14.5. The summed E-state index contributed by atoms with van der Waals surface area (Å²) in [5.74, 6) is 1.69. The maximum atomic E-state index is 10.3. The molecule has 5 nitrogen and oxygen atoms in total. The van der Waals surface area contributed by atoms with E-state index in [2.05, 4.69) is 16.1 Å². The minimum Gasteiger partial charge on any atom is -0.390 e. The van der Waals surface area contributed by atoms with Crippen LogP contribution in [0.15, 0.2) is 10.6 Å². The smallest absolute Gasteiger partial charge is 0.140 e. The van der Waals surface area contributed by atoms with Gasteiger partial charge in [0.15, 0.2) is 0 Å². The second-order valence-electron chi connectivity index (χ2n) is 6.84. The van der Waals surface area contributed by atoms with Crippen LogP contribution in [0, 0.1) is 0 Å². The highest BCUT2D eigenvalue weighted by atomic mass is 16.5. The zero-order valence-corrected chi connectivity index (χ0v) is 12.5. The van der Waals surface area contributed by atoms with Crippen molar-refractivity contribution in [3.8, 4) is 0 Å². The van der Waals surface area contributed by atoms with Gasteiger partial charge in [0.2, 0.25) is 0 Å². The maximum Gasteiger partial charge on any atom is 0.140 e. The summed E-state index contributed by atoms with van der Waals surface area (Å²) in [6, 6.07) is 2.12. The van der Waals surface area contributed by atoms with Gasteiger partial charge < -0.3 is 14.4 Å². The molecule has 0 unspecified atom stereocenters. The fraction of sp³-hybridized carbons (Fsp3) is 0.812. The highest BCUT2D eigenvalue weighted by molar-refractivity contribution is 5.14. The molecule has 1 aliphatic carbocycles. The minimum atomic E-state index is -0.290. The Bertz CT molecular complexity index is 489. The molecule has 4 rings (SSSR count). The van der Waals surface area contributed by atoms with Crippen LogP contribution in [0.4, 0.5) is 0 Å². The van der Waals surface area contributed by atoms with Crippen molar-refractivity contribution in [3.63, 3.8) is 0 Å². The van der Waals surface area contributed by atoms with Crippen LogP contribution in [0.3, 0.4) is 0 Å². The molecular formula is C16H24N2O3.